The maximum absolute atomic E-state index is 12.7. The Morgan fingerprint density at radius 2 is 2.14 bits per heavy atom. The lowest BCUT2D eigenvalue weighted by atomic mass is 10.2. The van der Waals surface area contributed by atoms with Crippen LogP contribution in [0.4, 0.5) is 5.00 Å². The molecule has 0 saturated carbocycles. The second-order valence-corrected chi connectivity index (χ2v) is 7.18. The minimum absolute atomic E-state index is 0.103. The van der Waals surface area contributed by atoms with Gasteiger partial charge in [0.2, 0.25) is 0 Å². The zero-order chi connectivity index (χ0) is 15.5. The van der Waals surface area contributed by atoms with Gasteiger partial charge in [0.05, 0.1) is 11.3 Å². The van der Waals surface area contributed by atoms with Gasteiger partial charge >= 0.3 is 0 Å². The van der Waals surface area contributed by atoms with Crippen LogP contribution in [-0.4, -0.2) is 53.3 Å². The van der Waals surface area contributed by atoms with Crippen molar-refractivity contribution in [2.75, 3.05) is 38.5 Å². The van der Waals surface area contributed by atoms with Gasteiger partial charge in [0.1, 0.15) is 5.00 Å². The average molecular weight is 336 g/mol. The second kappa shape index (κ2) is 6.76. The third-order valence-corrected chi connectivity index (χ3v) is 5.74. The SMILES string of the molecule is CNc1snc(C)c1C(=O)N1CCN(Cc2cccs2)CC1. The smallest absolute Gasteiger partial charge is 0.258 e. The van der Waals surface area contributed by atoms with Gasteiger partial charge < -0.3 is 10.2 Å². The Balaban J connectivity index is 1.61. The summed E-state index contributed by atoms with van der Waals surface area (Å²) in [5, 5.41) is 6.05. The number of aryl methyl sites for hydroxylation is 1. The molecule has 1 aliphatic heterocycles. The van der Waals surface area contributed by atoms with Gasteiger partial charge in [-0.25, -0.2) is 0 Å². The van der Waals surface area contributed by atoms with Crippen LogP contribution in [0.3, 0.4) is 0 Å². The molecule has 22 heavy (non-hydrogen) atoms. The number of rotatable bonds is 4. The number of nitrogens with zero attached hydrogens (tertiary/aromatic N) is 3. The summed E-state index contributed by atoms with van der Waals surface area (Å²) < 4.78 is 4.29. The Morgan fingerprint density at radius 1 is 1.36 bits per heavy atom. The van der Waals surface area contributed by atoms with Gasteiger partial charge in [0.15, 0.2) is 0 Å². The van der Waals surface area contributed by atoms with Crippen LogP contribution < -0.4 is 5.32 Å². The number of carbonyl (C=O) groups is 1. The van der Waals surface area contributed by atoms with Gasteiger partial charge in [-0.05, 0) is 29.9 Å². The molecule has 7 heteroatoms. The van der Waals surface area contributed by atoms with Crippen LogP contribution in [0.1, 0.15) is 20.9 Å². The molecular formula is C15H20N4OS2. The summed E-state index contributed by atoms with van der Waals surface area (Å²) in [5.74, 6) is 0.103. The first-order valence-electron chi connectivity index (χ1n) is 7.37. The highest BCUT2D eigenvalue weighted by Gasteiger charge is 2.26. The number of amides is 1. The lowest BCUT2D eigenvalue weighted by Gasteiger charge is -2.34. The summed E-state index contributed by atoms with van der Waals surface area (Å²) in [4.78, 5) is 18.5. The van der Waals surface area contributed by atoms with Gasteiger partial charge in [-0.1, -0.05) is 6.07 Å². The third kappa shape index (κ3) is 3.16. The van der Waals surface area contributed by atoms with Crippen molar-refractivity contribution in [3.63, 3.8) is 0 Å². The van der Waals surface area contributed by atoms with Crippen LogP contribution in [0.5, 0.6) is 0 Å². The van der Waals surface area contributed by atoms with Gasteiger partial charge in [-0.15, -0.1) is 11.3 Å². The molecule has 3 rings (SSSR count). The molecule has 3 heterocycles. The summed E-state index contributed by atoms with van der Waals surface area (Å²) in [6.07, 6.45) is 0. The number of nitrogens with one attached hydrogen (secondary N) is 1. The quantitative estimate of drug-likeness (QED) is 0.932. The Hall–Kier alpha value is -1.44. The van der Waals surface area contributed by atoms with E-state index in [0.717, 1.165) is 49.0 Å². The molecule has 1 fully saturated rings. The topological polar surface area (TPSA) is 48.5 Å². The largest absolute Gasteiger partial charge is 0.378 e. The minimum atomic E-state index is 0.103. The molecule has 0 bridgehead atoms. The van der Waals surface area contributed by atoms with E-state index in [4.69, 9.17) is 0 Å². The van der Waals surface area contributed by atoms with Crippen molar-refractivity contribution in [1.29, 1.82) is 0 Å². The molecular weight excluding hydrogens is 316 g/mol. The van der Waals surface area contributed by atoms with Crippen molar-refractivity contribution < 1.29 is 4.79 Å². The zero-order valence-corrected chi connectivity index (χ0v) is 14.5. The van der Waals surface area contributed by atoms with Gasteiger partial charge in [0.25, 0.3) is 5.91 Å². The van der Waals surface area contributed by atoms with E-state index >= 15 is 0 Å². The number of thiophene rings is 1. The highest BCUT2D eigenvalue weighted by molar-refractivity contribution is 7.10. The summed E-state index contributed by atoms with van der Waals surface area (Å²) in [6.45, 7) is 6.30. The van der Waals surface area contributed by atoms with Crippen LogP contribution in [0.25, 0.3) is 0 Å². The third-order valence-electron chi connectivity index (χ3n) is 3.92. The summed E-state index contributed by atoms with van der Waals surface area (Å²) in [6, 6.07) is 4.26. The number of aromatic nitrogens is 1. The van der Waals surface area contributed by atoms with E-state index in [2.05, 4.69) is 32.1 Å². The van der Waals surface area contributed by atoms with Gasteiger partial charge in [-0.2, -0.15) is 4.37 Å². The maximum atomic E-state index is 12.7. The molecule has 0 aromatic carbocycles. The molecule has 2 aromatic rings. The Labute approximate surface area is 138 Å². The van der Waals surface area contributed by atoms with Crippen molar-refractivity contribution in [2.24, 2.45) is 0 Å². The predicted octanol–water partition coefficient (Wildman–Crippen LogP) is 2.51. The minimum Gasteiger partial charge on any atom is -0.378 e. The molecule has 0 aliphatic carbocycles. The summed E-state index contributed by atoms with van der Waals surface area (Å²) in [7, 11) is 1.84. The standard InChI is InChI=1S/C15H20N4OS2/c1-11-13(14(16-2)22-17-11)15(20)19-7-5-18(6-8-19)10-12-4-3-9-21-12/h3-4,9,16H,5-8,10H2,1-2H3. The Morgan fingerprint density at radius 3 is 2.77 bits per heavy atom. The molecule has 0 atom stereocenters. The first-order chi connectivity index (χ1) is 10.7. The highest BCUT2D eigenvalue weighted by atomic mass is 32.1. The van der Waals surface area contributed by atoms with Crippen LogP contribution in [-0.2, 0) is 6.54 Å². The predicted molar refractivity (Wildman–Crippen MR) is 91.9 cm³/mol. The van der Waals surface area contributed by atoms with E-state index in [1.54, 1.807) is 11.3 Å². The number of carbonyl (C=O) groups excluding carboxylic acids is 1. The van der Waals surface area contributed by atoms with Crippen LogP contribution in [0.2, 0.25) is 0 Å². The molecule has 0 spiro atoms. The Kier molecular flexibility index (Phi) is 4.75. The van der Waals surface area contributed by atoms with E-state index in [0.29, 0.717) is 0 Å². The zero-order valence-electron chi connectivity index (χ0n) is 12.8. The van der Waals surface area contributed by atoms with Gasteiger partial charge in [0, 0.05) is 44.6 Å². The van der Waals surface area contributed by atoms with Crippen molar-refractivity contribution >= 4 is 33.8 Å². The molecule has 1 N–H and O–H groups in total. The van der Waals surface area contributed by atoms with Crippen molar-refractivity contribution in [3.05, 3.63) is 33.6 Å². The molecule has 0 unspecified atom stereocenters. The van der Waals surface area contributed by atoms with E-state index in [1.165, 1.54) is 16.4 Å². The number of anilines is 1. The molecule has 1 amide bonds. The lowest BCUT2D eigenvalue weighted by Crippen LogP contribution is -2.48. The van der Waals surface area contributed by atoms with Crippen molar-refractivity contribution in [3.8, 4) is 0 Å². The lowest BCUT2D eigenvalue weighted by molar-refractivity contribution is 0.0630. The normalized spacial score (nSPS) is 16.0. The fourth-order valence-electron chi connectivity index (χ4n) is 2.68. The number of hydrogen-bond donors (Lipinski definition) is 1. The van der Waals surface area contributed by atoms with E-state index in [1.807, 2.05) is 18.9 Å². The molecule has 5 nitrogen and oxygen atoms in total. The second-order valence-electron chi connectivity index (χ2n) is 5.37. The summed E-state index contributed by atoms with van der Waals surface area (Å²) in [5.41, 5.74) is 1.56. The fourth-order valence-corrected chi connectivity index (χ4v) is 4.17. The molecule has 2 aromatic heterocycles. The monoisotopic (exact) mass is 336 g/mol. The maximum Gasteiger partial charge on any atom is 0.258 e. The number of hydrogen-bond acceptors (Lipinski definition) is 6. The fraction of sp³-hybridized carbons (Fsp3) is 0.467. The van der Waals surface area contributed by atoms with Gasteiger partial charge in [-0.3, -0.25) is 9.69 Å². The van der Waals surface area contributed by atoms with Crippen molar-refractivity contribution in [2.45, 2.75) is 13.5 Å². The molecule has 0 radical (unpaired) electrons. The first-order valence-corrected chi connectivity index (χ1v) is 9.02. The summed E-state index contributed by atoms with van der Waals surface area (Å²) >= 11 is 3.15. The van der Waals surface area contributed by atoms with E-state index < -0.39 is 0 Å². The number of piperazine rings is 1. The van der Waals surface area contributed by atoms with E-state index in [-0.39, 0.29) is 5.91 Å². The van der Waals surface area contributed by atoms with Crippen LogP contribution >= 0.6 is 22.9 Å². The average Bonchev–Trinajstić information content (AvgIpc) is 3.16. The van der Waals surface area contributed by atoms with Crippen LogP contribution in [0.15, 0.2) is 17.5 Å². The highest BCUT2D eigenvalue weighted by Crippen LogP contribution is 2.26. The van der Waals surface area contributed by atoms with Crippen LogP contribution in [0, 0.1) is 6.92 Å². The van der Waals surface area contributed by atoms with Crippen molar-refractivity contribution in [1.82, 2.24) is 14.2 Å². The van der Waals surface area contributed by atoms with E-state index in [9.17, 15) is 4.79 Å². The molecule has 118 valence electrons. The molecule has 1 saturated heterocycles. The molecule has 1 aliphatic rings. The Bertz CT molecular complexity index is 630. The first kappa shape index (κ1) is 15.5.